The summed E-state index contributed by atoms with van der Waals surface area (Å²) in [6.07, 6.45) is 1.93. The van der Waals surface area contributed by atoms with Gasteiger partial charge in [0, 0.05) is 13.1 Å². The quantitative estimate of drug-likeness (QED) is 0.534. The highest BCUT2D eigenvalue weighted by Crippen LogP contribution is 2.41. The second-order valence-corrected chi connectivity index (χ2v) is 6.96. The Hall–Kier alpha value is -3.67. The summed E-state index contributed by atoms with van der Waals surface area (Å²) in [4.78, 5) is 13.4. The molecule has 1 aliphatic heterocycles. The normalized spacial score (nSPS) is 14.8. The van der Waals surface area contributed by atoms with Gasteiger partial charge in [-0.15, -0.1) is 0 Å². The van der Waals surface area contributed by atoms with E-state index in [0.717, 1.165) is 25.9 Å². The highest BCUT2D eigenvalue weighted by Gasteiger charge is 2.30. The molecule has 4 rings (SSSR count). The lowest BCUT2D eigenvalue weighted by atomic mass is 9.98. The first-order valence-electron chi connectivity index (χ1n) is 9.03. The van der Waals surface area contributed by atoms with Gasteiger partial charge >= 0.3 is 5.69 Å². The van der Waals surface area contributed by atoms with E-state index >= 15 is 0 Å². The summed E-state index contributed by atoms with van der Waals surface area (Å²) >= 11 is 0. The fourth-order valence-corrected chi connectivity index (χ4v) is 3.52. The van der Waals surface area contributed by atoms with Crippen molar-refractivity contribution >= 4 is 33.8 Å². The number of aromatic nitrogens is 2. The summed E-state index contributed by atoms with van der Waals surface area (Å²) in [6, 6.07) is 10.9. The van der Waals surface area contributed by atoms with Crippen LogP contribution < -0.4 is 10.2 Å². The smallest absolute Gasteiger partial charge is 0.323 e. The molecule has 2 heterocycles. The predicted molar refractivity (Wildman–Crippen MR) is 104 cm³/mol. The maximum Gasteiger partial charge on any atom is 0.323 e. The van der Waals surface area contributed by atoms with E-state index in [0.29, 0.717) is 28.5 Å². The molecule has 3 aromatic rings. The molecule has 0 spiro atoms. The number of nitrogens with one attached hydrogen (secondary N) is 1. The zero-order valence-corrected chi connectivity index (χ0v) is 15.3. The van der Waals surface area contributed by atoms with Gasteiger partial charge in [0.2, 0.25) is 5.52 Å². The molecule has 1 fully saturated rings. The number of nitriles is 1. The maximum atomic E-state index is 11.8. The number of anilines is 3. The highest BCUT2D eigenvalue weighted by atomic mass is 16.6. The lowest BCUT2D eigenvalue weighted by Crippen LogP contribution is -2.33. The van der Waals surface area contributed by atoms with Gasteiger partial charge in [-0.3, -0.25) is 10.1 Å². The van der Waals surface area contributed by atoms with Gasteiger partial charge in [-0.1, -0.05) is 19.1 Å². The Morgan fingerprint density at radius 1 is 1.25 bits per heavy atom. The molecule has 9 heteroatoms. The van der Waals surface area contributed by atoms with E-state index in [-0.39, 0.29) is 16.7 Å². The van der Waals surface area contributed by atoms with Crippen LogP contribution in [0, 0.1) is 27.4 Å². The summed E-state index contributed by atoms with van der Waals surface area (Å²) in [7, 11) is 0. The number of para-hydroxylation sites is 1. The third-order valence-electron chi connectivity index (χ3n) is 5.12. The molecule has 142 valence electrons. The Kier molecular flexibility index (Phi) is 4.53. The zero-order valence-electron chi connectivity index (χ0n) is 15.3. The van der Waals surface area contributed by atoms with Crippen molar-refractivity contribution in [1.82, 2.24) is 10.3 Å². The SMILES string of the molecule is CC1CCN(c2cc(Nc3ccccc3C#N)c3nonc3c2[N+](=O)[O-])CC1. The molecule has 1 aromatic heterocycles. The largest absolute Gasteiger partial charge is 0.366 e. The number of nitro benzene ring substituents is 1. The molecule has 0 saturated carbocycles. The Morgan fingerprint density at radius 2 is 1.96 bits per heavy atom. The summed E-state index contributed by atoms with van der Waals surface area (Å²) in [6.45, 7) is 3.64. The van der Waals surface area contributed by atoms with Crippen LogP contribution >= 0.6 is 0 Å². The standard InChI is InChI=1S/C19H18N6O3/c1-12-6-8-24(9-7-12)16-10-15(21-14-5-3-2-4-13(14)11-20)17-18(23-28-22-17)19(16)25(26)27/h2-5,10,12,21H,6-9H2,1H3. The Bertz CT molecular complexity index is 1080. The van der Waals surface area contributed by atoms with Crippen molar-refractivity contribution < 1.29 is 9.55 Å². The van der Waals surface area contributed by atoms with E-state index in [9.17, 15) is 15.4 Å². The van der Waals surface area contributed by atoms with Gasteiger partial charge in [0.25, 0.3) is 0 Å². The van der Waals surface area contributed by atoms with Crippen LogP contribution in [-0.4, -0.2) is 28.3 Å². The Labute approximate surface area is 160 Å². The first-order valence-corrected chi connectivity index (χ1v) is 9.03. The van der Waals surface area contributed by atoms with Crippen LogP contribution in [0.3, 0.4) is 0 Å². The molecule has 0 radical (unpaired) electrons. The van der Waals surface area contributed by atoms with E-state index in [1.807, 2.05) is 4.90 Å². The van der Waals surface area contributed by atoms with E-state index in [1.54, 1.807) is 30.3 Å². The molecular weight excluding hydrogens is 360 g/mol. The first kappa shape index (κ1) is 17.7. The second kappa shape index (κ2) is 7.15. The molecular formula is C19H18N6O3. The number of benzene rings is 2. The van der Waals surface area contributed by atoms with E-state index in [4.69, 9.17) is 4.63 Å². The van der Waals surface area contributed by atoms with Gasteiger partial charge in [0.15, 0.2) is 5.52 Å². The van der Waals surface area contributed by atoms with Crippen molar-refractivity contribution in [2.24, 2.45) is 5.92 Å². The van der Waals surface area contributed by atoms with Crippen molar-refractivity contribution in [2.75, 3.05) is 23.3 Å². The summed E-state index contributed by atoms with van der Waals surface area (Å²) < 4.78 is 4.82. The fraction of sp³-hybridized carbons (Fsp3) is 0.316. The van der Waals surface area contributed by atoms with Gasteiger partial charge in [-0.05, 0) is 47.3 Å². The summed E-state index contributed by atoms with van der Waals surface area (Å²) in [5.41, 5.74) is 2.28. The third-order valence-corrected chi connectivity index (χ3v) is 5.12. The summed E-state index contributed by atoms with van der Waals surface area (Å²) in [5, 5.41) is 32.0. The van der Waals surface area contributed by atoms with Crippen molar-refractivity contribution in [3.63, 3.8) is 0 Å². The molecule has 1 saturated heterocycles. The van der Waals surface area contributed by atoms with Gasteiger partial charge in [0.1, 0.15) is 11.8 Å². The van der Waals surface area contributed by atoms with Crippen LogP contribution in [-0.2, 0) is 0 Å². The minimum atomic E-state index is -0.438. The van der Waals surface area contributed by atoms with Gasteiger partial charge < -0.3 is 10.2 Å². The maximum absolute atomic E-state index is 11.8. The van der Waals surface area contributed by atoms with E-state index in [2.05, 4.69) is 28.6 Å². The fourth-order valence-electron chi connectivity index (χ4n) is 3.52. The molecule has 2 aromatic carbocycles. The van der Waals surface area contributed by atoms with Crippen LogP contribution in [0.25, 0.3) is 11.0 Å². The zero-order chi connectivity index (χ0) is 19.7. The van der Waals surface area contributed by atoms with Crippen molar-refractivity contribution in [3.05, 3.63) is 46.0 Å². The molecule has 1 aliphatic rings. The van der Waals surface area contributed by atoms with Crippen molar-refractivity contribution in [3.8, 4) is 6.07 Å². The minimum Gasteiger partial charge on any atom is -0.366 e. The number of piperidine rings is 1. The number of fused-ring (bicyclic) bond motifs is 1. The summed E-state index contributed by atoms with van der Waals surface area (Å²) in [5.74, 6) is 0.591. The molecule has 9 nitrogen and oxygen atoms in total. The van der Waals surface area contributed by atoms with Gasteiger partial charge in [-0.2, -0.15) is 5.26 Å². The topological polar surface area (TPSA) is 121 Å². The monoisotopic (exact) mass is 378 g/mol. The molecule has 1 N–H and O–H groups in total. The van der Waals surface area contributed by atoms with E-state index < -0.39 is 4.92 Å². The molecule has 0 bridgehead atoms. The second-order valence-electron chi connectivity index (χ2n) is 6.96. The average molecular weight is 378 g/mol. The number of hydrogen-bond acceptors (Lipinski definition) is 8. The third kappa shape index (κ3) is 3.09. The van der Waals surface area contributed by atoms with Crippen LogP contribution in [0.15, 0.2) is 35.0 Å². The van der Waals surface area contributed by atoms with Crippen molar-refractivity contribution in [1.29, 1.82) is 5.26 Å². The van der Waals surface area contributed by atoms with Crippen LogP contribution in [0.4, 0.5) is 22.7 Å². The lowest BCUT2D eigenvalue weighted by molar-refractivity contribution is -0.382. The Morgan fingerprint density at radius 3 is 2.68 bits per heavy atom. The number of hydrogen-bond donors (Lipinski definition) is 1. The van der Waals surface area contributed by atoms with Gasteiger partial charge in [0.05, 0.1) is 21.9 Å². The number of rotatable bonds is 4. The minimum absolute atomic E-state index is 0.0954. The highest BCUT2D eigenvalue weighted by molar-refractivity contribution is 6.01. The van der Waals surface area contributed by atoms with Crippen LogP contribution in [0.2, 0.25) is 0 Å². The number of nitro groups is 1. The van der Waals surface area contributed by atoms with Crippen LogP contribution in [0.1, 0.15) is 25.3 Å². The molecule has 28 heavy (non-hydrogen) atoms. The number of nitrogens with zero attached hydrogens (tertiary/aromatic N) is 5. The molecule has 0 aliphatic carbocycles. The predicted octanol–water partition coefficient (Wildman–Crippen LogP) is 3.98. The average Bonchev–Trinajstić information content (AvgIpc) is 3.18. The molecule has 0 amide bonds. The van der Waals surface area contributed by atoms with Crippen LogP contribution in [0.5, 0.6) is 0 Å². The first-order chi connectivity index (χ1) is 13.6. The van der Waals surface area contributed by atoms with Gasteiger partial charge in [-0.25, -0.2) is 4.63 Å². The van der Waals surface area contributed by atoms with E-state index in [1.165, 1.54) is 0 Å². The molecule has 0 atom stereocenters. The Balaban J connectivity index is 1.85. The lowest BCUT2D eigenvalue weighted by Gasteiger charge is -2.32. The molecule has 0 unspecified atom stereocenters. The van der Waals surface area contributed by atoms with Crippen molar-refractivity contribution in [2.45, 2.75) is 19.8 Å².